The second-order valence-electron chi connectivity index (χ2n) is 5.56. The molecule has 1 aromatic rings. The van der Waals surface area contributed by atoms with Gasteiger partial charge in [-0.3, -0.25) is 0 Å². The minimum atomic E-state index is -1.59. The van der Waals surface area contributed by atoms with Crippen LogP contribution < -0.4 is 5.32 Å². The van der Waals surface area contributed by atoms with Crippen molar-refractivity contribution in [3.8, 4) is 0 Å². The predicted molar refractivity (Wildman–Crippen MR) is 75.8 cm³/mol. The molecule has 0 aliphatic carbocycles. The highest BCUT2D eigenvalue weighted by atomic mass is 35.5. The van der Waals surface area contributed by atoms with Crippen molar-refractivity contribution in [3.05, 3.63) is 34.9 Å². The summed E-state index contributed by atoms with van der Waals surface area (Å²) in [7, 11) is 0. The van der Waals surface area contributed by atoms with Crippen LogP contribution >= 0.6 is 11.6 Å². The molecule has 0 aromatic heterocycles. The maximum atomic E-state index is 11.8. The van der Waals surface area contributed by atoms with Crippen LogP contribution in [0.15, 0.2) is 24.3 Å². The minimum absolute atomic E-state index is 0.403. The van der Waals surface area contributed by atoms with Crippen LogP contribution in [0.3, 0.4) is 0 Å². The summed E-state index contributed by atoms with van der Waals surface area (Å²) in [6.45, 7) is 6.50. The van der Waals surface area contributed by atoms with Crippen LogP contribution in [0.2, 0.25) is 5.02 Å². The molecule has 0 heterocycles. The normalized spacial score (nSPS) is 14.2. The number of hydrogen-bond donors (Lipinski definition) is 2. The van der Waals surface area contributed by atoms with Gasteiger partial charge in [0, 0.05) is 5.02 Å². The lowest BCUT2D eigenvalue weighted by molar-refractivity contribution is -0.144. The zero-order valence-electron chi connectivity index (χ0n) is 11.9. The SMILES string of the molecule is CC(C)(C)OC(=O)NC(C)(C(=O)O)c1ccc(Cl)cc1. The Kier molecular flexibility index (Phi) is 4.65. The van der Waals surface area contributed by atoms with Gasteiger partial charge in [0.2, 0.25) is 0 Å². The summed E-state index contributed by atoms with van der Waals surface area (Å²) in [5, 5.41) is 12.3. The average Bonchev–Trinajstić information content (AvgIpc) is 2.26. The van der Waals surface area contributed by atoms with Crippen LogP contribution in [0.5, 0.6) is 0 Å². The summed E-state index contributed by atoms with van der Waals surface area (Å²) >= 11 is 5.77. The van der Waals surface area contributed by atoms with E-state index >= 15 is 0 Å². The number of alkyl carbamates (subject to hydrolysis) is 1. The number of carboxylic acid groups (broad SMARTS) is 1. The van der Waals surface area contributed by atoms with Gasteiger partial charge in [0.15, 0.2) is 5.54 Å². The van der Waals surface area contributed by atoms with E-state index in [2.05, 4.69) is 5.32 Å². The molecule has 0 saturated carbocycles. The van der Waals surface area contributed by atoms with Crippen LogP contribution in [0.25, 0.3) is 0 Å². The summed E-state index contributed by atoms with van der Waals surface area (Å²) < 4.78 is 5.09. The van der Waals surface area contributed by atoms with Gasteiger partial charge in [-0.05, 0) is 45.4 Å². The summed E-state index contributed by atoms with van der Waals surface area (Å²) in [6.07, 6.45) is -0.794. The lowest BCUT2D eigenvalue weighted by Gasteiger charge is -2.28. The Bertz CT molecular complexity index is 507. The Morgan fingerprint density at radius 1 is 1.15 bits per heavy atom. The molecular formula is C14H18ClNO4. The smallest absolute Gasteiger partial charge is 0.408 e. The molecule has 0 saturated heterocycles. The number of aliphatic carboxylic acids is 1. The molecule has 0 aliphatic heterocycles. The first-order valence-corrected chi connectivity index (χ1v) is 6.43. The first-order valence-electron chi connectivity index (χ1n) is 6.05. The van der Waals surface area contributed by atoms with Gasteiger partial charge in [-0.2, -0.15) is 0 Å². The van der Waals surface area contributed by atoms with Crippen molar-refractivity contribution in [1.29, 1.82) is 0 Å². The fraction of sp³-hybridized carbons (Fsp3) is 0.429. The summed E-state index contributed by atoms with van der Waals surface area (Å²) in [6, 6.07) is 6.23. The zero-order valence-corrected chi connectivity index (χ0v) is 12.6. The van der Waals surface area contributed by atoms with E-state index in [1.807, 2.05) is 0 Å². The van der Waals surface area contributed by atoms with E-state index in [1.54, 1.807) is 45.0 Å². The number of carbonyl (C=O) groups excluding carboxylic acids is 1. The summed E-state index contributed by atoms with van der Waals surface area (Å²) in [5.74, 6) is -1.19. The van der Waals surface area contributed by atoms with Crippen molar-refractivity contribution in [3.63, 3.8) is 0 Å². The molecule has 0 aliphatic rings. The highest BCUT2D eigenvalue weighted by molar-refractivity contribution is 6.30. The molecule has 110 valence electrons. The van der Waals surface area contributed by atoms with Gasteiger partial charge in [-0.15, -0.1) is 0 Å². The number of benzene rings is 1. The van der Waals surface area contributed by atoms with Crippen LogP contribution in [-0.2, 0) is 15.1 Å². The molecule has 6 heteroatoms. The zero-order chi connectivity index (χ0) is 15.6. The van der Waals surface area contributed by atoms with E-state index in [9.17, 15) is 14.7 Å². The van der Waals surface area contributed by atoms with E-state index in [-0.39, 0.29) is 0 Å². The number of amides is 1. The molecule has 0 fully saturated rings. The molecule has 0 spiro atoms. The van der Waals surface area contributed by atoms with Crippen LogP contribution in [0.4, 0.5) is 4.79 Å². The standard InChI is InChI=1S/C14H18ClNO4/c1-13(2,3)20-12(19)16-14(4,11(17)18)9-5-7-10(15)8-6-9/h5-8H,1-4H3,(H,16,19)(H,17,18). The highest BCUT2D eigenvalue weighted by Gasteiger charge is 2.38. The monoisotopic (exact) mass is 299 g/mol. The first-order chi connectivity index (χ1) is 9.04. The van der Waals surface area contributed by atoms with Crippen molar-refractivity contribution >= 4 is 23.7 Å². The number of rotatable bonds is 3. The van der Waals surface area contributed by atoms with Crippen molar-refractivity contribution in [2.24, 2.45) is 0 Å². The Hall–Kier alpha value is -1.75. The van der Waals surface area contributed by atoms with E-state index in [0.717, 1.165) is 0 Å². The van der Waals surface area contributed by atoms with Crippen molar-refractivity contribution in [2.75, 3.05) is 0 Å². The van der Waals surface area contributed by atoms with Gasteiger partial charge >= 0.3 is 12.1 Å². The van der Waals surface area contributed by atoms with Crippen LogP contribution in [0, 0.1) is 0 Å². The van der Waals surface area contributed by atoms with Gasteiger partial charge in [0.05, 0.1) is 0 Å². The topological polar surface area (TPSA) is 75.6 Å². The first kappa shape index (κ1) is 16.3. The third-order valence-corrected chi connectivity index (χ3v) is 2.85. The molecule has 1 amide bonds. The Morgan fingerprint density at radius 2 is 1.65 bits per heavy atom. The van der Waals surface area contributed by atoms with E-state index in [1.165, 1.54) is 6.92 Å². The molecular weight excluding hydrogens is 282 g/mol. The number of nitrogens with one attached hydrogen (secondary N) is 1. The molecule has 1 atom stereocenters. The lowest BCUT2D eigenvalue weighted by atomic mass is 9.92. The molecule has 0 bridgehead atoms. The summed E-state index contributed by atoms with van der Waals surface area (Å²) in [4.78, 5) is 23.3. The maximum Gasteiger partial charge on any atom is 0.408 e. The fourth-order valence-corrected chi connectivity index (χ4v) is 1.67. The Balaban J connectivity index is 3.01. The number of halogens is 1. The molecule has 2 N–H and O–H groups in total. The number of ether oxygens (including phenoxy) is 1. The van der Waals surface area contributed by atoms with Crippen molar-refractivity contribution < 1.29 is 19.4 Å². The largest absolute Gasteiger partial charge is 0.479 e. The maximum absolute atomic E-state index is 11.8. The second-order valence-corrected chi connectivity index (χ2v) is 6.00. The molecule has 0 radical (unpaired) electrons. The Morgan fingerprint density at radius 3 is 2.05 bits per heavy atom. The molecule has 1 rings (SSSR count). The summed E-state index contributed by atoms with van der Waals surface area (Å²) in [5.41, 5.74) is -1.89. The van der Waals surface area contributed by atoms with Gasteiger partial charge < -0.3 is 15.2 Å². The van der Waals surface area contributed by atoms with Crippen LogP contribution in [-0.4, -0.2) is 22.8 Å². The third-order valence-electron chi connectivity index (χ3n) is 2.60. The molecule has 1 aromatic carbocycles. The number of carbonyl (C=O) groups is 2. The van der Waals surface area contributed by atoms with Crippen molar-refractivity contribution in [1.82, 2.24) is 5.32 Å². The van der Waals surface area contributed by atoms with Gasteiger partial charge in [-0.1, -0.05) is 23.7 Å². The van der Waals surface area contributed by atoms with Gasteiger partial charge in [0.25, 0.3) is 0 Å². The van der Waals surface area contributed by atoms with E-state index in [4.69, 9.17) is 16.3 Å². The Labute approximate surface area is 122 Å². The third kappa shape index (κ3) is 4.13. The van der Waals surface area contributed by atoms with Gasteiger partial charge in [-0.25, -0.2) is 9.59 Å². The highest BCUT2D eigenvalue weighted by Crippen LogP contribution is 2.23. The van der Waals surface area contributed by atoms with E-state index < -0.39 is 23.2 Å². The van der Waals surface area contributed by atoms with Gasteiger partial charge in [0.1, 0.15) is 5.60 Å². The number of hydrogen-bond acceptors (Lipinski definition) is 3. The molecule has 1 unspecified atom stereocenters. The molecule has 5 nitrogen and oxygen atoms in total. The average molecular weight is 300 g/mol. The molecule has 20 heavy (non-hydrogen) atoms. The quantitative estimate of drug-likeness (QED) is 0.899. The second kappa shape index (κ2) is 5.71. The van der Waals surface area contributed by atoms with E-state index in [0.29, 0.717) is 10.6 Å². The minimum Gasteiger partial charge on any atom is -0.479 e. The number of carboxylic acids is 1. The fourth-order valence-electron chi connectivity index (χ4n) is 1.54. The lowest BCUT2D eigenvalue weighted by Crippen LogP contribution is -2.51. The van der Waals surface area contributed by atoms with Crippen molar-refractivity contribution in [2.45, 2.75) is 38.8 Å². The predicted octanol–water partition coefficient (Wildman–Crippen LogP) is 3.16. The van der Waals surface area contributed by atoms with Crippen LogP contribution in [0.1, 0.15) is 33.3 Å².